The van der Waals surface area contributed by atoms with E-state index in [0.717, 1.165) is 31.2 Å². The summed E-state index contributed by atoms with van der Waals surface area (Å²) >= 11 is 0. The first kappa shape index (κ1) is 18.3. The van der Waals surface area contributed by atoms with Gasteiger partial charge in [-0.05, 0) is 45.2 Å². The zero-order valence-corrected chi connectivity index (χ0v) is 14.3. The number of ether oxygens (including phenoxy) is 2. The number of aromatic nitrogens is 1. The molecule has 0 radical (unpaired) electrons. The van der Waals surface area contributed by atoms with Crippen LogP contribution in [-0.2, 0) is 11.2 Å². The quantitative estimate of drug-likeness (QED) is 0.834. The molecule has 0 aliphatic rings. The third kappa shape index (κ3) is 7.29. The van der Waals surface area contributed by atoms with Crippen LogP contribution in [0.15, 0.2) is 18.3 Å². The van der Waals surface area contributed by atoms with Crippen molar-refractivity contribution >= 4 is 6.09 Å². The van der Waals surface area contributed by atoms with Gasteiger partial charge in [0.05, 0.1) is 7.11 Å². The number of unbranched alkanes of at least 4 members (excludes halogenated alkanes) is 1. The molecule has 0 aliphatic carbocycles. The molecular weight excluding hydrogens is 280 g/mol. The number of nitrogens with zero attached hydrogens (tertiary/aromatic N) is 1. The summed E-state index contributed by atoms with van der Waals surface area (Å²) in [4.78, 5) is 16.1. The van der Waals surface area contributed by atoms with Gasteiger partial charge in [0.25, 0.3) is 0 Å². The summed E-state index contributed by atoms with van der Waals surface area (Å²) in [6, 6.07) is 3.88. The number of methoxy groups -OCH3 is 1. The minimum Gasteiger partial charge on any atom is -0.481 e. The number of nitrogens with one attached hydrogen (secondary N) is 1. The zero-order chi connectivity index (χ0) is 16.6. The Morgan fingerprint density at radius 1 is 1.41 bits per heavy atom. The molecule has 0 spiro atoms. The molecule has 0 saturated carbocycles. The Morgan fingerprint density at radius 3 is 2.73 bits per heavy atom. The van der Waals surface area contributed by atoms with Gasteiger partial charge in [0.15, 0.2) is 0 Å². The van der Waals surface area contributed by atoms with E-state index in [1.54, 1.807) is 13.3 Å². The predicted octanol–water partition coefficient (Wildman–Crippen LogP) is 3.72. The molecule has 1 aromatic heterocycles. The van der Waals surface area contributed by atoms with E-state index in [-0.39, 0.29) is 12.1 Å². The second-order valence-electron chi connectivity index (χ2n) is 6.40. The molecular formula is C17H28N2O3. The van der Waals surface area contributed by atoms with E-state index in [4.69, 9.17) is 9.47 Å². The minimum atomic E-state index is -0.487. The molecule has 0 bridgehead atoms. The van der Waals surface area contributed by atoms with Gasteiger partial charge < -0.3 is 14.8 Å². The minimum absolute atomic E-state index is 0.0434. The van der Waals surface area contributed by atoms with Crippen LogP contribution in [0, 0.1) is 0 Å². The van der Waals surface area contributed by atoms with E-state index in [2.05, 4.69) is 17.2 Å². The van der Waals surface area contributed by atoms with Crippen molar-refractivity contribution in [3.63, 3.8) is 0 Å². The van der Waals surface area contributed by atoms with Gasteiger partial charge >= 0.3 is 6.09 Å². The Hall–Kier alpha value is -1.78. The summed E-state index contributed by atoms with van der Waals surface area (Å²) in [7, 11) is 1.60. The lowest BCUT2D eigenvalue weighted by atomic mass is 10.0. The van der Waals surface area contributed by atoms with Crippen LogP contribution in [0.25, 0.3) is 0 Å². The highest BCUT2D eigenvalue weighted by molar-refractivity contribution is 5.68. The lowest BCUT2D eigenvalue weighted by Gasteiger charge is -2.23. The third-order valence-electron chi connectivity index (χ3n) is 3.12. The Bertz CT molecular complexity index is 469. The van der Waals surface area contributed by atoms with Gasteiger partial charge in [-0.2, -0.15) is 0 Å². The Morgan fingerprint density at radius 2 is 2.14 bits per heavy atom. The van der Waals surface area contributed by atoms with E-state index in [9.17, 15) is 4.79 Å². The molecule has 1 amide bonds. The topological polar surface area (TPSA) is 60.5 Å². The Kier molecular flexibility index (Phi) is 7.15. The normalized spacial score (nSPS) is 12.6. The largest absolute Gasteiger partial charge is 0.481 e. The van der Waals surface area contributed by atoms with E-state index in [1.807, 2.05) is 32.9 Å². The predicted molar refractivity (Wildman–Crippen MR) is 87.2 cm³/mol. The average Bonchev–Trinajstić information content (AvgIpc) is 2.43. The lowest BCUT2D eigenvalue weighted by molar-refractivity contribution is 0.0501. The summed E-state index contributed by atoms with van der Waals surface area (Å²) in [5.41, 5.74) is 0.600. The maximum Gasteiger partial charge on any atom is 0.407 e. The highest BCUT2D eigenvalue weighted by Gasteiger charge is 2.19. The number of amides is 1. The Balaban J connectivity index is 2.68. The van der Waals surface area contributed by atoms with Crippen LogP contribution in [0.5, 0.6) is 5.88 Å². The maximum atomic E-state index is 12.0. The van der Waals surface area contributed by atoms with E-state index in [1.165, 1.54) is 0 Å². The van der Waals surface area contributed by atoms with Gasteiger partial charge in [0.1, 0.15) is 5.60 Å². The molecule has 5 nitrogen and oxygen atoms in total. The summed E-state index contributed by atoms with van der Waals surface area (Å²) in [6.45, 7) is 7.73. The molecule has 1 atom stereocenters. The van der Waals surface area contributed by atoms with Gasteiger partial charge in [-0.3, -0.25) is 0 Å². The zero-order valence-electron chi connectivity index (χ0n) is 14.3. The summed E-state index contributed by atoms with van der Waals surface area (Å²) in [5, 5.41) is 2.97. The second-order valence-corrected chi connectivity index (χ2v) is 6.40. The summed E-state index contributed by atoms with van der Waals surface area (Å²) < 4.78 is 10.5. The van der Waals surface area contributed by atoms with Gasteiger partial charge in [-0.25, -0.2) is 9.78 Å². The molecule has 1 N–H and O–H groups in total. The standard InChI is InChI=1S/C17H28N2O3/c1-6-7-8-14(19-16(20)22-17(2,3)4)11-13-9-10-18-15(12-13)21-5/h9-10,12,14H,6-8,11H2,1-5H3,(H,19,20)/t14-/m0/s1. The first-order chi connectivity index (χ1) is 10.3. The smallest absolute Gasteiger partial charge is 0.407 e. The Labute approximate surface area is 133 Å². The monoisotopic (exact) mass is 308 g/mol. The van der Waals surface area contributed by atoms with Crippen molar-refractivity contribution in [1.82, 2.24) is 10.3 Å². The highest BCUT2D eigenvalue weighted by atomic mass is 16.6. The number of pyridine rings is 1. The molecule has 0 saturated heterocycles. The van der Waals surface area contributed by atoms with Gasteiger partial charge in [-0.1, -0.05) is 19.8 Å². The molecule has 1 aromatic rings. The second kappa shape index (κ2) is 8.61. The van der Waals surface area contributed by atoms with Crippen molar-refractivity contribution in [2.45, 2.75) is 65.0 Å². The van der Waals surface area contributed by atoms with Crippen molar-refractivity contribution < 1.29 is 14.3 Å². The van der Waals surface area contributed by atoms with Crippen LogP contribution >= 0.6 is 0 Å². The number of hydrogen-bond donors (Lipinski definition) is 1. The molecule has 0 fully saturated rings. The third-order valence-corrected chi connectivity index (χ3v) is 3.12. The van der Waals surface area contributed by atoms with E-state index >= 15 is 0 Å². The van der Waals surface area contributed by atoms with Crippen LogP contribution in [0.2, 0.25) is 0 Å². The molecule has 0 unspecified atom stereocenters. The van der Waals surface area contributed by atoms with Crippen LogP contribution in [0.1, 0.15) is 52.5 Å². The van der Waals surface area contributed by atoms with Crippen LogP contribution in [-0.4, -0.2) is 29.8 Å². The fourth-order valence-electron chi connectivity index (χ4n) is 2.12. The fraction of sp³-hybridized carbons (Fsp3) is 0.647. The van der Waals surface area contributed by atoms with Crippen molar-refractivity contribution in [1.29, 1.82) is 0 Å². The number of rotatable bonds is 7. The molecule has 22 heavy (non-hydrogen) atoms. The average molecular weight is 308 g/mol. The molecule has 124 valence electrons. The molecule has 0 aromatic carbocycles. The fourth-order valence-corrected chi connectivity index (χ4v) is 2.12. The van der Waals surface area contributed by atoms with E-state index in [0.29, 0.717) is 5.88 Å². The SMILES string of the molecule is CCCC[C@@H](Cc1ccnc(OC)c1)NC(=O)OC(C)(C)C. The van der Waals surface area contributed by atoms with Crippen molar-refractivity contribution in [2.24, 2.45) is 0 Å². The summed E-state index contributed by atoms with van der Waals surface area (Å²) in [6.07, 6.45) is 5.15. The lowest BCUT2D eigenvalue weighted by Crippen LogP contribution is -2.40. The number of alkyl carbamates (subject to hydrolysis) is 1. The molecule has 1 heterocycles. The van der Waals surface area contributed by atoms with Crippen molar-refractivity contribution in [3.05, 3.63) is 23.9 Å². The van der Waals surface area contributed by atoms with E-state index < -0.39 is 5.60 Å². The molecule has 0 aliphatic heterocycles. The number of hydrogen-bond acceptors (Lipinski definition) is 4. The first-order valence-corrected chi connectivity index (χ1v) is 7.82. The highest BCUT2D eigenvalue weighted by Crippen LogP contribution is 2.14. The summed E-state index contributed by atoms with van der Waals surface area (Å²) in [5.74, 6) is 0.587. The van der Waals surface area contributed by atoms with Gasteiger partial charge in [0, 0.05) is 18.3 Å². The van der Waals surface area contributed by atoms with Crippen LogP contribution in [0.4, 0.5) is 4.79 Å². The van der Waals surface area contributed by atoms with Crippen LogP contribution < -0.4 is 10.1 Å². The molecule has 1 rings (SSSR count). The van der Waals surface area contributed by atoms with Crippen molar-refractivity contribution in [2.75, 3.05) is 7.11 Å². The van der Waals surface area contributed by atoms with Crippen molar-refractivity contribution in [3.8, 4) is 5.88 Å². The van der Waals surface area contributed by atoms with Gasteiger partial charge in [-0.15, -0.1) is 0 Å². The maximum absolute atomic E-state index is 12.0. The van der Waals surface area contributed by atoms with Crippen LogP contribution in [0.3, 0.4) is 0 Å². The number of carbonyl (C=O) groups excluding carboxylic acids is 1. The first-order valence-electron chi connectivity index (χ1n) is 7.82. The molecule has 5 heteroatoms. The van der Waals surface area contributed by atoms with Gasteiger partial charge in [0.2, 0.25) is 5.88 Å². The number of carbonyl (C=O) groups is 1.